The van der Waals surface area contributed by atoms with E-state index in [2.05, 4.69) is 4.90 Å². The van der Waals surface area contributed by atoms with Gasteiger partial charge in [-0.05, 0) is 57.1 Å². The van der Waals surface area contributed by atoms with Crippen LogP contribution in [0.4, 0.5) is 11.4 Å². The van der Waals surface area contributed by atoms with Crippen LogP contribution in [0.3, 0.4) is 0 Å². The molecule has 4 heteroatoms. The Kier molecular flexibility index (Phi) is 4.80. The zero-order valence-electron chi connectivity index (χ0n) is 11.4. The normalized spacial score (nSPS) is 16.4. The topological polar surface area (TPSA) is 72.4 Å². The molecular formula is C15H23N3O. The lowest BCUT2D eigenvalue weighted by molar-refractivity contribution is 0.0973. The molecule has 0 aliphatic carbocycles. The number of Topliss-reactive ketones (excluding diaryl/α,β-unsaturated/α-hetero) is 1. The van der Waals surface area contributed by atoms with Crippen LogP contribution in [0.1, 0.15) is 42.5 Å². The molecule has 0 bridgehead atoms. The van der Waals surface area contributed by atoms with Gasteiger partial charge in [0.15, 0.2) is 5.78 Å². The van der Waals surface area contributed by atoms with E-state index in [0.29, 0.717) is 23.4 Å². The van der Waals surface area contributed by atoms with E-state index in [1.54, 1.807) is 18.2 Å². The van der Waals surface area contributed by atoms with Crippen LogP contribution in [0.2, 0.25) is 0 Å². The van der Waals surface area contributed by atoms with Crippen molar-refractivity contribution in [3.8, 4) is 0 Å². The highest BCUT2D eigenvalue weighted by molar-refractivity contribution is 5.97. The van der Waals surface area contributed by atoms with Crippen molar-refractivity contribution in [1.82, 2.24) is 4.90 Å². The predicted octanol–water partition coefficient (Wildman–Crippen LogP) is 2.30. The third-order valence-corrected chi connectivity index (χ3v) is 3.74. The molecule has 19 heavy (non-hydrogen) atoms. The molecule has 0 spiro atoms. The molecule has 4 N–H and O–H groups in total. The predicted molar refractivity (Wildman–Crippen MR) is 79.1 cm³/mol. The second-order valence-corrected chi connectivity index (χ2v) is 5.27. The average molecular weight is 261 g/mol. The van der Waals surface area contributed by atoms with Gasteiger partial charge in [0.25, 0.3) is 0 Å². The Balaban J connectivity index is 1.78. The Hall–Kier alpha value is -1.55. The van der Waals surface area contributed by atoms with E-state index in [-0.39, 0.29) is 5.78 Å². The number of carbonyl (C=O) groups excluding carboxylic acids is 1. The first kappa shape index (κ1) is 13.9. The highest BCUT2D eigenvalue weighted by Gasteiger charge is 2.11. The van der Waals surface area contributed by atoms with E-state index in [4.69, 9.17) is 11.5 Å². The van der Waals surface area contributed by atoms with E-state index in [1.165, 1.54) is 32.4 Å². The maximum atomic E-state index is 12.0. The summed E-state index contributed by atoms with van der Waals surface area (Å²) in [5.41, 5.74) is 13.1. The molecular weight excluding hydrogens is 238 g/mol. The number of piperidine rings is 1. The molecule has 1 fully saturated rings. The van der Waals surface area contributed by atoms with Gasteiger partial charge in [-0.1, -0.05) is 6.42 Å². The number of hydrogen-bond donors (Lipinski definition) is 2. The summed E-state index contributed by atoms with van der Waals surface area (Å²) in [6.45, 7) is 3.39. The van der Waals surface area contributed by atoms with Crippen LogP contribution in [-0.2, 0) is 0 Å². The maximum absolute atomic E-state index is 12.0. The van der Waals surface area contributed by atoms with Crippen molar-refractivity contribution >= 4 is 17.2 Å². The minimum absolute atomic E-state index is 0.156. The summed E-state index contributed by atoms with van der Waals surface area (Å²) in [5.74, 6) is 0.156. The molecule has 1 aromatic rings. The van der Waals surface area contributed by atoms with Gasteiger partial charge in [0.05, 0.1) is 11.4 Å². The molecule has 1 aromatic carbocycles. The van der Waals surface area contributed by atoms with Gasteiger partial charge in [0.1, 0.15) is 0 Å². The molecule has 2 rings (SSSR count). The summed E-state index contributed by atoms with van der Waals surface area (Å²) in [6.07, 6.45) is 5.44. The lowest BCUT2D eigenvalue weighted by Crippen LogP contribution is -2.30. The zero-order chi connectivity index (χ0) is 13.7. The van der Waals surface area contributed by atoms with Crippen molar-refractivity contribution in [1.29, 1.82) is 0 Å². The van der Waals surface area contributed by atoms with Gasteiger partial charge in [-0.15, -0.1) is 0 Å². The lowest BCUT2D eigenvalue weighted by atomic mass is 10.0. The van der Waals surface area contributed by atoms with Gasteiger partial charge in [0.2, 0.25) is 0 Å². The SMILES string of the molecule is Nc1ccc(C(=O)CCCN2CCCCC2)cc1N. The summed E-state index contributed by atoms with van der Waals surface area (Å²) >= 11 is 0. The summed E-state index contributed by atoms with van der Waals surface area (Å²) in [6, 6.07) is 5.14. The van der Waals surface area contributed by atoms with Crippen molar-refractivity contribution in [2.45, 2.75) is 32.1 Å². The molecule has 1 saturated heterocycles. The molecule has 0 amide bonds. The van der Waals surface area contributed by atoms with Crippen molar-refractivity contribution in [3.63, 3.8) is 0 Å². The van der Waals surface area contributed by atoms with Gasteiger partial charge in [-0.3, -0.25) is 4.79 Å². The highest BCUT2D eigenvalue weighted by Crippen LogP contribution is 2.18. The zero-order valence-corrected chi connectivity index (χ0v) is 11.4. The fourth-order valence-corrected chi connectivity index (χ4v) is 2.54. The Bertz CT molecular complexity index is 439. The number of nitrogens with two attached hydrogens (primary N) is 2. The van der Waals surface area contributed by atoms with E-state index in [0.717, 1.165) is 13.0 Å². The monoisotopic (exact) mass is 261 g/mol. The van der Waals surface area contributed by atoms with Gasteiger partial charge in [-0.25, -0.2) is 0 Å². The van der Waals surface area contributed by atoms with E-state index in [9.17, 15) is 4.79 Å². The summed E-state index contributed by atoms with van der Waals surface area (Å²) in [7, 11) is 0. The fourth-order valence-electron chi connectivity index (χ4n) is 2.54. The molecule has 0 atom stereocenters. The largest absolute Gasteiger partial charge is 0.397 e. The summed E-state index contributed by atoms with van der Waals surface area (Å²) < 4.78 is 0. The Labute approximate surface area is 114 Å². The van der Waals surface area contributed by atoms with E-state index >= 15 is 0 Å². The standard InChI is InChI=1S/C15H23N3O/c16-13-7-6-12(11-14(13)17)15(19)5-4-10-18-8-2-1-3-9-18/h6-7,11H,1-5,8-10,16-17H2. The summed E-state index contributed by atoms with van der Waals surface area (Å²) in [4.78, 5) is 14.5. The average Bonchev–Trinajstić information content (AvgIpc) is 2.43. The van der Waals surface area contributed by atoms with E-state index < -0.39 is 0 Å². The van der Waals surface area contributed by atoms with Gasteiger partial charge >= 0.3 is 0 Å². The second-order valence-electron chi connectivity index (χ2n) is 5.27. The molecule has 0 aromatic heterocycles. The van der Waals surface area contributed by atoms with E-state index in [1.807, 2.05) is 0 Å². The quantitative estimate of drug-likeness (QED) is 0.630. The lowest BCUT2D eigenvalue weighted by Gasteiger charge is -2.26. The first-order valence-electron chi connectivity index (χ1n) is 7.07. The molecule has 1 heterocycles. The van der Waals surface area contributed by atoms with Crippen LogP contribution in [0.25, 0.3) is 0 Å². The number of carbonyl (C=O) groups is 1. The highest BCUT2D eigenvalue weighted by atomic mass is 16.1. The number of benzene rings is 1. The molecule has 0 radical (unpaired) electrons. The molecule has 0 saturated carbocycles. The van der Waals surface area contributed by atoms with Crippen molar-refractivity contribution in [2.24, 2.45) is 0 Å². The molecule has 1 aliphatic rings. The van der Waals surface area contributed by atoms with Crippen LogP contribution in [0.15, 0.2) is 18.2 Å². The van der Waals surface area contributed by atoms with Crippen LogP contribution < -0.4 is 11.5 Å². The molecule has 1 aliphatic heterocycles. The van der Waals surface area contributed by atoms with Crippen LogP contribution >= 0.6 is 0 Å². The second kappa shape index (κ2) is 6.57. The van der Waals surface area contributed by atoms with Crippen LogP contribution in [0, 0.1) is 0 Å². The number of likely N-dealkylation sites (tertiary alicyclic amines) is 1. The smallest absolute Gasteiger partial charge is 0.163 e. The number of hydrogen-bond acceptors (Lipinski definition) is 4. The number of nitrogens with zero attached hydrogens (tertiary/aromatic N) is 1. The number of rotatable bonds is 5. The molecule has 104 valence electrons. The Morgan fingerprint density at radius 2 is 1.84 bits per heavy atom. The fraction of sp³-hybridized carbons (Fsp3) is 0.533. The number of ketones is 1. The first-order valence-corrected chi connectivity index (χ1v) is 7.07. The minimum Gasteiger partial charge on any atom is -0.397 e. The molecule has 4 nitrogen and oxygen atoms in total. The first-order chi connectivity index (χ1) is 9.16. The molecule has 0 unspecified atom stereocenters. The number of anilines is 2. The number of nitrogen functional groups attached to an aromatic ring is 2. The van der Waals surface area contributed by atoms with Gasteiger partial charge < -0.3 is 16.4 Å². The van der Waals surface area contributed by atoms with Crippen molar-refractivity contribution in [2.75, 3.05) is 31.1 Å². The van der Waals surface area contributed by atoms with Gasteiger partial charge in [-0.2, -0.15) is 0 Å². The summed E-state index contributed by atoms with van der Waals surface area (Å²) in [5, 5.41) is 0. The Morgan fingerprint density at radius 3 is 2.53 bits per heavy atom. The van der Waals surface area contributed by atoms with Crippen LogP contribution in [0.5, 0.6) is 0 Å². The van der Waals surface area contributed by atoms with Gasteiger partial charge in [0, 0.05) is 12.0 Å². The third kappa shape index (κ3) is 3.96. The third-order valence-electron chi connectivity index (χ3n) is 3.74. The Morgan fingerprint density at radius 1 is 1.11 bits per heavy atom. The maximum Gasteiger partial charge on any atom is 0.163 e. The minimum atomic E-state index is 0.156. The van der Waals surface area contributed by atoms with Crippen molar-refractivity contribution < 1.29 is 4.79 Å². The van der Waals surface area contributed by atoms with Crippen LogP contribution in [-0.4, -0.2) is 30.3 Å². The van der Waals surface area contributed by atoms with Crippen molar-refractivity contribution in [3.05, 3.63) is 23.8 Å².